The van der Waals surface area contributed by atoms with Crippen LogP contribution in [0.2, 0.25) is 10.0 Å². The van der Waals surface area contributed by atoms with Crippen molar-refractivity contribution in [1.82, 2.24) is 24.1 Å². The van der Waals surface area contributed by atoms with Crippen LogP contribution in [0.15, 0.2) is 117 Å². The third-order valence-electron chi connectivity index (χ3n) is 8.21. The third-order valence-corrected chi connectivity index (χ3v) is 10.9. The molecular weight excluding hydrogens is 903 g/mol. The number of imidazole rings is 2. The average Bonchev–Trinajstić information content (AvgIpc) is 3.86. The van der Waals surface area contributed by atoms with Crippen LogP contribution >= 0.6 is 55.1 Å². The van der Waals surface area contributed by atoms with Gasteiger partial charge in [0.15, 0.2) is 12.2 Å². The molecule has 0 aliphatic heterocycles. The highest BCUT2D eigenvalue weighted by atomic mass is 79.9. The van der Waals surface area contributed by atoms with E-state index in [1.54, 1.807) is 30.3 Å². The van der Waals surface area contributed by atoms with Gasteiger partial charge in [0.2, 0.25) is 9.84 Å². The minimum Gasteiger partial charge on any atom is -0.443 e. The molecule has 3 aromatic heterocycles. The van der Waals surface area contributed by atoms with Crippen LogP contribution in [0.3, 0.4) is 0 Å². The Labute approximate surface area is 352 Å². The van der Waals surface area contributed by atoms with Gasteiger partial charge < -0.3 is 13.6 Å². The van der Waals surface area contributed by atoms with Crippen LogP contribution in [0, 0.1) is 34.3 Å². The van der Waals surface area contributed by atoms with Crippen LogP contribution in [-0.4, -0.2) is 45.0 Å². The number of halogens is 4. The molecule has 56 heavy (non-hydrogen) atoms. The van der Waals surface area contributed by atoms with Gasteiger partial charge in [-0.15, -0.1) is 0 Å². The maximum Gasteiger partial charge on any atom is 0.395 e. The van der Waals surface area contributed by atoms with E-state index in [0.717, 1.165) is 67.0 Å². The summed E-state index contributed by atoms with van der Waals surface area (Å²) in [5, 5.41) is 0.218. The first-order valence-corrected chi connectivity index (χ1v) is 21.0. The summed E-state index contributed by atoms with van der Waals surface area (Å²) in [6.45, 7) is 13.0. The lowest BCUT2D eigenvalue weighted by Crippen LogP contribution is -2.11. The number of rotatable bonds is 7. The Hall–Kier alpha value is -4.84. The van der Waals surface area contributed by atoms with Crippen LogP contribution in [0.5, 0.6) is 0 Å². The molecule has 15 heteroatoms. The van der Waals surface area contributed by atoms with Gasteiger partial charge in [-0.25, -0.2) is 23.4 Å². The molecule has 3 heterocycles. The second kappa shape index (κ2) is 18.4. The van der Waals surface area contributed by atoms with Crippen molar-refractivity contribution in [3.63, 3.8) is 0 Å². The molecule has 10 nitrogen and oxygen atoms in total. The number of carbonyl (C=O) groups excluding carboxylic acids is 1. The normalized spacial score (nSPS) is 11.4. The molecule has 1 atom stereocenters. The highest BCUT2D eigenvalue weighted by Gasteiger charge is 2.35. The summed E-state index contributed by atoms with van der Waals surface area (Å²) in [6.07, 6.45) is 7.24. The van der Waals surface area contributed by atoms with Crippen LogP contribution in [0.4, 0.5) is 0 Å². The van der Waals surface area contributed by atoms with Crippen molar-refractivity contribution in [2.24, 2.45) is 0 Å². The maximum absolute atomic E-state index is 11.9. The van der Waals surface area contributed by atoms with Crippen molar-refractivity contribution in [3.8, 4) is 40.5 Å². The Kier molecular flexibility index (Phi) is 13.9. The van der Waals surface area contributed by atoms with Gasteiger partial charge in [0.1, 0.15) is 23.6 Å². The van der Waals surface area contributed by atoms with Gasteiger partial charge in [-0.3, -0.25) is 4.79 Å². The second-order valence-corrected chi connectivity index (χ2v) is 17.3. The summed E-state index contributed by atoms with van der Waals surface area (Å²) in [5.41, 5.74) is 7.32. The Balaban J connectivity index is 0.000000179. The van der Waals surface area contributed by atoms with Crippen molar-refractivity contribution in [2.45, 2.75) is 33.1 Å². The quantitative estimate of drug-likeness (QED) is 0.146. The molecule has 0 aliphatic rings. The first kappa shape index (κ1) is 42.3. The minimum atomic E-state index is -3.47. The third kappa shape index (κ3) is 10.3. The molecular formula is C41H35Br2Cl2N6O4S+. The number of carbonyl (C=O) groups is 1. The van der Waals surface area contributed by atoms with Crippen LogP contribution in [0.25, 0.3) is 38.8 Å². The average molecular weight is 939 g/mol. The lowest BCUT2D eigenvalue weighted by atomic mass is 10.0. The molecule has 7 rings (SSSR count). The van der Waals surface area contributed by atoms with E-state index in [1.165, 1.54) is 6.39 Å². The second-order valence-electron chi connectivity index (χ2n) is 12.5. The van der Waals surface area contributed by atoms with Crippen molar-refractivity contribution < 1.29 is 17.6 Å². The summed E-state index contributed by atoms with van der Waals surface area (Å²) in [6, 6.07) is 25.7. The Bertz CT molecular complexity index is 2650. The summed E-state index contributed by atoms with van der Waals surface area (Å²) < 4.78 is 35.2. The first-order valence-electron chi connectivity index (χ1n) is 16.7. The Morgan fingerprint density at radius 1 is 0.786 bits per heavy atom. The molecule has 0 saturated heterocycles. The van der Waals surface area contributed by atoms with Crippen LogP contribution in [-0.2, 0) is 9.84 Å². The van der Waals surface area contributed by atoms with Gasteiger partial charge in [0.05, 0.1) is 28.3 Å². The molecule has 0 spiro atoms. The van der Waals surface area contributed by atoms with Crippen molar-refractivity contribution in [3.05, 3.63) is 162 Å². The number of hydrogen-bond donors (Lipinski definition) is 0. The number of hydrogen-bond acceptors (Lipinski definition) is 7. The molecule has 0 N–H and O–H groups in total. The Morgan fingerprint density at radius 3 is 1.80 bits per heavy atom. The van der Waals surface area contributed by atoms with Crippen molar-refractivity contribution in [2.75, 3.05) is 6.26 Å². The predicted octanol–water partition coefficient (Wildman–Crippen LogP) is 11.6. The van der Waals surface area contributed by atoms with E-state index < -0.39 is 15.2 Å². The SMILES string of the molecule is C#[N+]C(c1cc(Br)ccc1-n1cc(C)nc1C)S(C)(=O)=O.Cc1cn(-c2ccc(Br)cc2-c2ncoc2-c2ccc(Cl)cc2)c(C)n1.O=Cc1ccc(Cl)cc1. The number of aryl methyl sites for hydroxylation is 4. The summed E-state index contributed by atoms with van der Waals surface area (Å²) in [4.78, 5) is 27.0. The largest absolute Gasteiger partial charge is 0.443 e. The minimum absolute atomic E-state index is 0.509. The fraction of sp³-hybridized carbons (Fsp3) is 0.146. The van der Waals surface area contributed by atoms with Gasteiger partial charge in [-0.2, -0.15) is 0 Å². The van der Waals surface area contributed by atoms with E-state index in [-0.39, 0.29) is 0 Å². The van der Waals surface area contributed by atoms with Crippen LogP contribution < -0.4 is 0 Å². The molecule has 0 aliphatic carbocycles. The van der Waals surface area contributed by atoms with E-state index >= 15 is 0 Å². The number of nitrogens with zero attached hydrogens (tertiary/aromatic N) is 6. The van der Waals surface area contributed by atoms with Gasteiger partial charge >= 0.3 is 5.37 Å². The van der Waals surface area contributed by atoms with Gasteiger partial charge in [-0.05, 0) is 100 Å². The lowest BCUT2D eigenvalue weighted by molar-refractivity contribution is 0.112. The molecule has 1 unspecified atom stereocenters. The molecule has 7 aromatic rings. The molecule has 4 aromatic carbocycles. The van der Waals surface area contributed by atoms with Crippen molar-refractivity contribution in [1.29, 1.82) is 0 Å². The monoisotopic (exact) mass is 935 g/mol. The fourth-order valence-corrected chi connectivity index (χ4v) is 7.64. The fourth-order valence-electron chi connectivity index (χ4n) is 5.78. The van der Waals surface area contributed by atoms with E-state index in [4.69, 9.17) is 34.2 Å². The standard InChI is InChI=1S/C20H15BrClN3O.C14H15BrN3O2S.C7H5ClO/c1-12-10-25(13(2)24-12)18-8-5-15(21)9-17(18)19-20(26-11-23-19)14-3-6-16(22)7-4-14;1-9-8-18(10(2)17-9)13-6-5-11(15)7-12(13)14(16-3)21(4,19)20;8-7-3-1-6(5-9)2-4-7/h3-11H,1-2H3;3,5-8,14H,1-2,4H3;1-5H/q;+1;. The van der Waals surface area contributed by atoms with E-state index in [0.29, 0.717) is 32.6 Å². The van der Waals surface area contributed by atoms with Gasteiger partial charge in [-0.1, -0.05) is 72.0 Å². The zero-order chi connectivity index (χ0) is 40.7. The number of benzene rings is 4. The highest BCUT2D eigenvalue weighted by Crippen LogP contribution is 2.37. The molecule has 0 radical (unpaired) electrons. The van der Waals surface area contributed by atoms with Gasteiger partial charge in [0, 0.05) is 54.3 Å². The number of aldehydes is 1. The summed E-state index contributed by atoms with van der Waals surface area (Å²) in [5.74, 6) is 2.39. The van der Waals surface area contributed by atoms with E-state index in [9.17, 15) is 13.2 Å². The summed E-state index contributed by atoms with van der Waals surface area (Å²) in [7, 11) is -3.47. The zero-order valence-electron chi connectivity index (χ0n) is 30.8. The molecule has 0 fully saturated rings. The number of oxazole rings is 1. The Morgan fingerprint density at radius 2 is 1.30 bits per heavy atom. The number of aromatic nitrogens is 5. The highest BCUT2D eigenvalue weighted by molar-refractivity contribution is 9.10. The maximum atomic E-state index is 11.9. The lowest BCUT2D eigenvalue weighted by Gasteiger charge is -2.12. The van der Waals surface area contributed by atoms with E-state index in [1.807, 2.05) is 99.3 Å². The topological polar surface area (TPSA) is 117 Å². The van der Waals surface area contributed by atoms with E-state index in [2.05, 4.69) is 56.2 Å². The number of sulfone groups is 1. The smallest absolute Gasteiger partial charge is 0.395 e. The van der Waals surface area contributed by atoms with Crippen molar-refractivity contribution >= 4 is 71.2 Å². The summed E-state index contributed by atoms with van der Waals surface area (Å²) >= 11 is 18.5. The predicted molar refractivity (Wildman–Crippen MR) is 230 cm³/mol. The molecule has 0 bridgehead atoms. The first-order chi connectivity index (χ1) is 26.6. The molecule has 0 saturated carbocycles. The zero-order valence-corrected chi connectivity index (χ0v) is 36.3. The van der Waals surface area contributed by atoms with Crippen LogP contribution in [0.1, 0.15) is 44.3 Å². The molecule has 286 valence electrons. The molecule has 0 amide bonds. The van der Waals surface area contributed by atoms with Gasteiger partial charge in [0.25, 0.3) is 6.57 Å².